The van der Waals surface area contributed by atoms with Gasteiger partial charge in [-0.05, 0) is 41.7 Å². The number of rotatable bonds is 2. The van der Waals surface area contributed by atoms with Gasteiger partial charge < -0.3 is 9.80 Å². The van der Waals surface area contributed by atoms with Gasteiger partial charge in [-0.3, -0.25) is 0 Å². The molecule has 0 radical (unpaired) electrons. The molecule has 0 atom stereocenters. The summed E-state index contributed by atoms with van der Waals surface area (Å²) < 4.78 is 0. The molecule has 0 unspecified atom stereocenters. The lowest BCUT2D eigenvalue weighted by Gasteiger charge is -2.27. The first kappa shape index (κ1) is 15.7. The Hall–Kier alpha value is -2.22. The van der Waals surface area contributed by atoms with Gasteiger partial charge in [0.05, 0.1) is 23.7 Å². The normalized spacial score (nSPS) is 14.1. The first-order valence-electron chi connectivity index (χ1n) is 8.17. The lowest BCUT2D eigenvalue weighted by molar-refractivity contribution is 0.590. The largest absolute Gasteiger partial charge is 0.355 e. The molecule has 1 aliphatic heterocycles. The number of benzene rings is 2. The molecule has 2 aromatic carbocycles. The fraction of sp³-hybridized carbons (Fsp3) is 0.333. The van der Waals surface area contributed by atoms with Gasteiger partial charge in [-0.15, -0.1) is 0 Å². The molecule has 2 aromatic rings. The van der Waals surface area contributed by atoms with Gasteiger partial charge in [0.25, 0.3) is 0 Å². The number of fused-ring (bicyclic) bond motifs is 1. The number of nitrogens with zero attached hydrogens (tertiary/aromatic N) is 2. The summed E-state index contributed by atoms with van der Waals surface area (Å²) >= 11 is 0. The SMILES string of the molecule is C=C(C)c1ccc(C(C)(C)C)cc1N1CN(C)c2ccccc21. The van der Waals surface area contributed by atoms with Crippen molar-refractivity contribution in [2.75, 3.05) is 23.5 Å². The van der Waals surface area contributed by atoms with Gasteiger partial charge in [0.15, 0.2) is 0 Å². The molecule has 0 saturated carbocycles. The summed E-state index contributed by atoms with van der Waals surface area (Å²) in [6.45, 7) is 13.9. The Morgan fingerprint density at radius 2 is 1.65 bits per heavy atom. The summed E-state index contributed by atoms with van der Waals surface area (Å²) in [5.41, 5.74) is 7.61. The monoisotopic (exact) mass is 306 g/mol. The van der Waals surface area contributed by atoms with Gasteiger partial charge in [0, 0.05) is 12.6 Å². The predicted octanol–water partition coefficient (Wildman–Crippen LogP) is 5.56. The van der Waals surface area contributed by atoms with Crippen molar-refractivity contribution in [3.8, 4) is 0 Å². The third-order valence-electron chi connectivity index (χ3n) is 4.55. The molecule has 2 nitrogen and oxygen atoms in total. The van der Waals surface area contributed by atoms with Crippen molar-refractivity contribution in [2.24, 2.45) is 0 Å². The molecule has 0 spiro atoms. The van der Waals surface area contributed by atoms with E-state index in [1.165, 1.54) is 28.2 Å². The van der Waals surface area contributed by atoms with Crippen LogP contribution in [-0.4, -0.2) is 13.7 Å². The Morgan fingerprint density at radius 3 is 2.26 bits per heavy atom. The first-order chi connectivity index (χ1) is 10.8. The minimum absolute atomic E-state index is 0.132. The van der Waals surface area contributed by atoms with Crippen LogP contribution in [0.25, 0.3) is 5.57 Å². The molecule has 0 N–H and O–H groups in total. The molecule has 0 amide bonds. The Morgan fingerprint density at radius 1 is 1.00 bits per heavy atom. The van der Waals surface area contributed by atoms with Crippen molar-refractivity contribution in [1.82, 2.24) is 0 Å². The first-order valence-corrected chi connectivity index (χ1v) is 8.17. The van der Waals surface area contributed by atoms with Gasteiger partial charge in [-0.25, -0.2) is 0 Å². The lowest BCUT2D eigenvalue weighted by Crippen LogP contribution is -2.25. The van der Waals surface area contributed by atoms with Crippen LogP contribution < -0.4 is 9.80 Å². The molecule has 1 aliphatic rings. The van der Waals surface area contributed by atoms with E-state index in [1.54, 1.807) is 0 Å². The van der Waals surface area contributed by atoms with E-state index in [2.05, 4.69) is 93.6 Å². The Kier molecular flexibility index (Phi) is 3.71. The third kappa shape index (κ3) is 2.74. The van der Waals surface area contributed by atoms with E-state index in [-0.39, 0.29) is 5.41 Å². The molecule has 120 valence electrons. The number of allylic oxidation sites excluding steroid dienone is 1. The van der Waals surface area contributed by atoms with E-state index < -0.39 is 0 Å². The molecule has 2 heteroatoms. The average Bonchev–Trinajstić information content (AvgIpc) is 2.83. The minimum Gasteiger partial charge on any atom is -0.355 e. The maximum absolute atomic E-state index is 4.18. The summed E-state index contributed by atoms with van der Waals surface area (Å²) in [6.07, 6.45) is 0. The topological polar surface area (TPSA) is 6.48 Å². The van der Waals surface area contributed by atoms with E-state index in [9.17, 15) is 0 Å². The summed E-state index contributed by atoms with van der Waals surface area (Å²) in [6, 6.07) is 15.4. The Labute approximate surface area is 140 Å². The van der Waals surface area contributed by atoms with Crippen LogP contribution in [0.3, 0.4) is 0 Å². The second kappa shape index (κ2) is 5.45. The van der Waals surface area contributed by atoms with Crippen molar-refractivity contribution in [3.05, 3.63) is 60.2 Å². The molecular weight excluding hydrogens is 280 g/mol. The summed E-state index contributed by atoms with van der Waals surface area (Å²) in [4.78, 5) is 4.69. The van der Waals surface area contributed by atoms with Crippen LogP contribution in [0.4, 0.5) is 17.1 Å². The zero-order chi connectivity index (χ0) is 16.8. The molecule has 0 saturated heterocycles. The van der Waals surface area contributed by atoms with Crippen molar-refractivity contribution in [3.63, 3.8) is 0 Å². The van der Waals surface area contributed by atoms with Crippen LogP contribution in [0.2, 0.25) is 0 Å². The summed E-state index contributed by atoms with van der Waals surface area (Å²) in [5.74, 6) is 0. The van der Waals surface area contributed by atoms with Crippen LogP contribution in [0.15, 0.2) is 49.0 Å². The quantitative estimate of drug-likeness (QED) is 0.716. The van der Waals surface area contributed by atoms with Crippen LogP contribution in [0, 0.1) is 0 Å². The smallest absolute Gasteiger partial charge is 0.0950 e. The van der Waals surface area contributed by atoms with Crippen LogP contribution in [-0.2, 0) is 5.41 Å². The lowest BCUT2D eigenvalue weighted by atomic mass is 9.85. The summed E-state index contributed by atoms with van der Waals surface area (Å²) in [5, 5.41) is 0. The highest BCUT2D eigenvalue weighted by atomic mass is 15.4. The van der Waals surface area contributed by atoms with E-state index in [4.69, 9.17) is 0 Å². The fourth-order valence-electron chi connectivity index (χ4n) is 3.17. The van der Waals surface area contributed by atoms with Gasteiger partial charge in [0.2, 0.25) is 0 Å². The van der Waals surface area contributed by atoms with Crippen molar-refractivity contribution >= 4 is 22.6 Å². The average molecular weight is 306 g/mol. The third-order valence-corrected chi connectivity index (χ3v) is 4.55. The molecular formula is C21H26N2. The number of para-hydroxylation sites is 2. The highest BCUT2D eigenvalue weighted by molar-refractivity contribution is 5.87. The zero-order valence-electron chi connectivity index (χ0n) is 14.9. The van der Waals surface area contributed by atoms with Crippen molar-refractivity contribution < 1.29 is 0 Å². The minimum atomic E-state index is 0.132. The predicted molar refractivity (Wildman–Crippen MR) is 102 cm³/mol. The standard InChI is InChI=1S/C21H26N2/c1-15(2)17-12-11-16(21(3,4)5)13-20(17)23-14-22(6)18-9-7-8-10-19(18)23/h7-13H,1,14H2,2-6H3. The molecule has 23 heavy (non-hydrogen) atoms. The second-order valence-corrected chi connectivity index (χ2v) is 7.52. The highest BCUT2D eigenvalue weighted by Crippen LogP contribution is 2.43. The second-order valence-electron chi connectivity index (χ2n) is 7.52. The molecule has 0 fully saturated rings. The van der Waals surface area contributed by atoms with E-state index >= 15 is 0 Å². The molecule has 0 bridgehead atoms. The Bertz CT molecular complexity index is 753. The van der Waals surface area contributed by atoms with Gasteiger partial charge >= 0.3 is 0 Å². The van der Waals surface area contributed by atoms with E-state index in [0.717, 1.165) is 12.2 Å². The molecule has 0 aromatic heterocycles. The molecule has 3 rings (SSSR count). The maximum atomic E-state index is 4.18. The fourth-order valence-corrected chi connectivity index (χ4v) is 3.17. The van der Waals surface area contributed by atoms with Crippen LogP contribution in [0.1, 0.15) is 38.8 Å². The number of hydrogen-bond acceptors (Lipinski definition) is 2. The van der Waals surface area contributed by atoms with Gasteiger partial charge in [-0.2, -0.15) is 0 Å². The van der Waals surface area contributed by atoms with E-state index in [1.807, 2.05) is 0 Å². The molecule has 1 heterocycles. The van der Waals surface area contributed by atoms with Gasteiger partial charge in [-0.1, -0.05) is 51.6 Å². The molecule has 0 aliphatic carbocycles. The van der Waals surface area contributed by atoms with E-state index in [0.29, 0.717) is 0 Å². The van der Waals surface area contributed by atoms with Crippen molar-refractivity contribution in [1.29, 1.82) is 0 Å². The maximum Gasteiger partial charge on any atom is 0.0950 e. The summed E-state index contributed by atoms with van der Waals surface area (Å²) in [7, 11) is 2.15. The number of anilines is 3. The van der Waals surface area contributed by atoms with Crippen molar-refractivity contribution in [2.45, 2.75) is 33.1 Å². The van der Waals surface area contributed by atoms with Gasteiger partial charge in [0.1, 0.15) is 0 Å². The Balaban J connectivity index is 2.17. The zero-order valence-corrected chi connectivity index (χ0v) is 14.9. The number of hydrogen-bond donors (Lipinski definition) is 0. The van der Waals surface area contributed by atoms with Crippen LogP contribution >= 0.6 is 0 Å². The highest BCUT2D eigenvalue weighted by Gasteiger charge is 2.27. The van der Waals surface area contributed by atoms with Crippen LogP contribution in [0.5, 0.6) is 0 Å².